The number of rotatable bonds is 2. The molecule has 1 atom stereocenters. The zero-order valence-electron chi connectivity index (χ0n) is 8.48. The Hall–Kier alpha value is 0.0983. The van der Waals surface area contributed by atoms with Crippen LogP contribution in [0, 0.1) is 25.0 Å². The summed E-state index contributed by atoms with van der Waals surface area (Å²) in [6.45, 7) is 1.67. The van der Waals surface area contributed by atoms with E-state index in [-0.39, 0.29) is 14.9 Å². The fraction of sp³-hybridized carbons (Fsp3) is 0.500. The minimum absolute atomic E-state index is 0. The number of carbonyl (C=O) groups is 1. The summed E-state index contributed by atoms with van der Waals surface area (Å²) in [5.41, 5.74) is 6.68. The van der Waals surface area contributed by atoms with Gasteiger partial charge in [0, 0.05) is 0 Å². The Labute approximate surface area is 106 Å². The van der Waals surface area contributed by atoms with Crippen molar-refractivity contribution in [3.8, 4) is 0 Å². The molecule has 0 radical (unpaired) electrons. The normalized spacial score (nSPS) is 8.53. The maximum absolute atomic E-state index is 9.74. The number of nitrogens with one attached hydrogen (secondary N) is 1. The van der Waals surface area contributed by atoms with Gasteiger partial charge in [-0.1, -0.05) is 13.3 Å². The van der Waals surface area contributed by atoms with Crippen molar-refractivity contribution in [2.45, 2.75) is 19.4 Å². The van der Waals surface area contributed by atoms with Crippen molar-refractivity contribution < 1.29 is 26.4 Å². The van der Waals surface area contributed by atoms with Crippen molar-refractivity contribution in [2.24, 2.45) is 5.34 Å². The third-order valence-corrected chi connectivity index (χ3v) is 0.706. The maximum atomic E-state index is 9.74. The van der Waals surface area contributed by atoms with Crippen LogP contribution < -0.4 is 0 Å². The zero-order chi connectivity index (χ0) is 11.3. The summed E-state index contributed by atoms with van der Waals surface area (Å²) in [6, 6.07) is -0.931. The second-order valence-corrected chi connectivity index (χ2v) is 4.70. The van der Waals surface area contributed by atoms with E-state index < -0.39 is 28.5 Å². The average molecular weight is 444 g/mol. The second-order valence-electron chi connectivity index (χ2n) is 1.42. The molecule has 0 amide bonds. The molecular weight excluding hydrogens is 430 g/mol. The molecule has 0 spiro atoms. The number of hydrogen-bond donors (Lipinski definition) is 1. The van der Waals surface area contributed by atoms with Crippen LogP contribution in [0.1, 0.15) is 13.3 Å². The summed E-state index contributed by atoms with van der Waals surface area (Å²) in [7, 11) is 9.75. The van der Waals surface area contributed by atoms with Crippen molar-refractivity contribution in [3.63, 3.8) is 0 Å². The van der Waals surface area contributed by atoms with Crippen LogP contribution in [0.2, 0.25) is 0 Å². The molecule has 6 nitrogen and oxygen atoms in total. The van der Waals surface area contributed by atoms with Gasteiger partial charge in [-0.3, -0.25) is 4.79 Å². The van der Waals surface area contributed by atoms with Crippen LogP contribution in [0.3, 0.4) is 0 Å². The molecule has 0 aromatic heterocycles. The fourth-order valence-corrected chi connectivity index (χ4v) is 0.175. The Morgan fingerprint density at radius 1 is 1.60 bits per heavy atom. The molecule has 1 unspecified atom stereocenters. The van der Waals surface area contributed by atoms with Gasteiger partial charge in [0.1, 0.15) is 0 Å². The van der Waals surface area contributed by atoms with E-state index in [1.165, 1.54) is 0 Å². The average Bonchev–Trinajstić information content (AvgIpc) is 2.05. The summed E-state index contributed by atoms with van der Waals surface area (Å²) in [4.78, 5) is 17.7. The predicted molar refractivity (Wildman–Crippen MR) is 59.7 cm³/mol. The molecule has 0 aliphatic heterocycles. The molecule has 0 aromatic rings. The topological polar surface area (TPSA) is 114 Å². The van der Waals surface area contributed by atoms with Crippen LogP contribution >= 0.6 is 18.8 Å². The SMILES string of the molecule is CCC([NH-])C(=O)O.O=N[O-].[CH3-].[CH3-].[Cl][Pt][Cl]. The number of nitrogens with zero attached hydrogens (tertiary/aromatic N) is 1. The van der Waals surface area contributed by atoms with Gasteiger partial charge in [0.05, 0.1) is 0 Å². The molecule has 100 valence electrons. The van der Waals surface area contributed by atoms with E-state index >= 15 is 0 Å². The first-order valence-electron chi connectivity index (χ1n) is 2.72. The first kappa shape index (κ1) is 29.4. The van der Waals surface area contributed by atoms with Crippen LogP contribution in [-0.2, 0) is 21.3 Å². The molecule has 0 aliphatic rings. The number of aliphatic carboxylic acids is 1. The van der Waals surface area contributed by atoms with Crippen molar-refractivity contribution >= 4 is 24.8 Å². The van der Waals surface area contributed by atoms with Crippen molar-refractivity contribution in [1.82, 2.24) is 0 Å². The molecule has 0 heterocycles. The van der Waals surface area contributed by atoms with E-state index in [4.69, 9.17) is 39.8 Å². The molecule has 0 aromatic carbocycles. The molecule has 0 aliphatic carbocycles. The molecule has 15 heavy (non-hydrogen) atoms. The molecule has 0 saturated carbocycles. The minimum atomic E-state index is -1.04. The standard InChI is InChI=1S/C4H8NO2.2CH3.2ClH.HNO2.Pt/c1-2-3(5)4(6)7;;;;;2-1-3;/h3,5H,2H2,1H3,(H,6,7);2*1H3;2*1H;(H,2,3);/q3*-1;;;;+2/p-3. The van der Waals surface area contributed by atoms with Gasteiger partial charge in [0.15, 0.2) is 0 Å². The van der Waals surface area contributed by atoms with Gasteiger partial charge in [-0.05, 0) is 6.04 Å². The third-order valence-electron chi connectivity index (χ3n) is 0.706. The summed E-state index contributed by atoms with van der Waals surface area (Å²) in [6.07, 6.45) is 0.384. The van der Waals surface area contributed by atoms with Crippen LogP contribution in [-0.4, -0.2) is 17.1 Å². The summed E-state index contributed by atoms with van der Waals surface area (Å²) >= 11 is -0.472. The fourth-order valence-electron chi connectivity index (χ4n) is 0.175. The van der Waals surface area contributed by atoms with Crippen molar-refractivity contribution in [3.05, 3.63) is 30.7 Å². The van der Waals surface area contributed by atoms with E-state index in [1.807, 2.05) is 0 Å². The van der Waals surface area contributed by atoms with Gasteiger partial charge < -0.3 is 35.8 Å². The Kier molecular flexibility index (Phi) is 57.3. The van der Waals surface area contributed by atoms with Crippen LogP contribution in [0.5, 0.6) is 0 Å². The van der Waals surface area contributed by atoms with E-state index in [0.29, 0.717) is 6.42 Å². The Bertz CT molecular complexity index is 132. The molecule has 9 heteroatoms. The van der Waals surface area contributed by atoms with Crippen LogP contribution in [0.4, 0.5) is 0 Å². The quantitative estimate of drug-likeness (QED) is 0.399. The molecular formula is C6H14Cl2N2O4Pt-4. The summed E-state index contributed by atoms with van der Waals surface area (Å²) in [5, 5.41) is 17.0. The van der Waals surface area contributed by atoms with E-state index in [9.17, 15) is 4.79 Å². The Morgan fingerprint density at radius 2 is 1.80 bits per heavy atom. The first-order chi connectivity index (χ1) is 6.01. The van der Waals surface area contributed by atoms with E-state index in [1.54, 1.807) is 6.92 Å². The molecule has 0 fully saturated rings. The number of hydrogen-bond acceptors (Lipinski definition) is 4. The Balaban J connectivity index is -0.0000000361. The predicted octanol–water partition coefficient (Wildman–Crippen LogP) is 3.43. The van der Waals surface area contributed by atoms with Gasteiger partial charge >= 0.3 is 35.3 Å². The van der Waals surface area contributed by atoms with Gasteiger partial charge in [-0.25, -0.2) is 0 Å². The summed E-state index contributed by atoms with van der Waals surface area (Å²) < 4.78 is 0. The zero-order valence-corrected chi connectivity index (χ0v) is 12.3. The number of carboxylic acids is 1. The van der Waals surface area contributed by atoms with Gasteiger partial charge in [0.2, 0.25) is 0 Å². The Morgan fingerprint density at radius 3 is 1.80 bits per heavy atom. The molecule has 0 rings (SSSR count). The van der Waals surface area contributed by atoms with E-state index in [2.05, 4.69) is 0 Å². The van der Waals surface area contributed by atoms with Gasteiger partial charge in [-0.2, -0.15) is 0 Å². The van der Waals surface area contributed by atoms with Crippen molar-refractivity contribution in [2.75, 3.05) is 0 Å². The molecule has 2 N–H and O–H groups in total. The first-order valence-corrected chi connectivity index (χ1v) is 8.36. The second kappa shape index (κ2) is 29.2. The number of carboxylic acid groups (broad SMARTS) is 1. The van der Waals surface area contributed by atoms with E-state index in [0.717, 1.165) is 5.34 Å². The summed E-state index contributed by atoms with van der Waals surface area (Å²) in [5.74, 6) is -1.04. The third kappa shape index (κ3) is 55.5. The van der Waals surface area contributed by atoms with Gasteiger partial charge in [-0.15, -0.1) is 5.34 Å². The monoisotopic (exact) mass is 443 g/mol. The van der Waals surface area contributed by atoms with Crippen LogP contribution in [0.25, 0.3) is 5.73 Å². The molecule has 0 bridgehead atoms. The van der Waals surface area contributed by atoms with Gasteiger partial charge in [0.25, 0.3) is 5.97 Å². The van der Waals surface area contributed by atoms with Crippen LogP contribution in [0.15, 0.2) is 5.34 Å². The number of halogens is 2. The van der Waals surface area contributed by atoms with Crippen molar-refractivity contribution in [1.29, 1.82) is 0 Å². The molecule has 0 saturated heterocycles.